The Morgan fingerprint density at radius 2 is 1.81 bits per heavy atom. The molecule has 0 saturated carbocycles. The van der Waals surface area contributed by atoms with Gasteiger partial charge in [0.25, 0.3) is 0 Å². The van der Waals surface area contributed by atoms with Crippen molar-refractivity contribution in [2.45, 2.75) is 27.2 Å². The predicted molar refractivity (Wildman–Crippen MR) is 111 cm³/mol. The summed E-state index contributed by atoms with van der Waals surface area (Å²) in [6, 6.07) is 15.7. The second-order valence-electron chi connectivity index (χ2n) is 7.16. The second kappa shape index (κ2) is 7.20. The van der Waals surface area contributed by atoms with E-state index in [4.69, 9.17) is 26.4 Å². The Labute approximate surface area is 163 Å². The molecule has 138 valence electrons. The number of fused-ring (bicyclic) bond motifs is 3. The average molecular weight is 380 g/mol. The fraction of sp³-hybridized carbons (Fsp3) is 0.273. The summed E-state index contributed by atoms with van der Waals surface area (Å²) in [7, 11) is 0. The maximum atomic E-state index is 6.24. The predicted octanol–water partition coefficient (Wildman–Crippen LogP) is 5.96. The van der Waals surface area contributed by atoms with Crippen LogP contribution in [0.4, 0.5) is 0 Å². The first-order chi connectivity index (χ1) is 13.0. The highest BCUT2D eigenvalue weighted by Crippen LogP contribution is 2.35. The third kappa shape index (κ3) is 3.37. The van der Waals surface area contributed by atoms with Crippen molar-refractivity contribution >= 4 is 33.4 Å². The van der Waals surface area contributed by atoms with E-state index in [1.165, 1.54) is 0 Å². The number of para-hydroxylation sites is 1. The van der Waals surface area contributed by atoms with Crippen molar-refractivity contribution in [3.8, 4) is 11.6 Å². The molecule has 27 heavy (non-hydrogen) atoms. The molecule has 0 amide bonds. The molecule has 0 unspecified atom stereocenters. The maximum absolute atomic E-state index is 6.24. The lowest BCUT2D eigenvalue weighted by Gasteiger charge is -2.11. The third-order valence-corrected chi connectivity index (χ3v) is 4.91. The van der Waals surface area contributed by atoms with Crippen LogP contribution >= 0.6 is 11.6 Å². The van der Waals surface area contributed by atoms with Crippen molar-refractivity contribution in [3.63, 3.8) is 0 Å². The largest absolute Gasteiger partial charge is 0.477 e. The lowest BCUT2D eigenvalue weighted by molar-refractivity contribution is 0.275. The van der Waals surface area contributed by atoms with Gasteiger partial charge in [0.1, 0.15) is 5.52 Å². The zero-order valence-corrected chi connectivity index (χ0v) is 16.5. The molecule has 0 radical (unpaired) electrons. The van der Waals surface area contributed by atoms with Crippen LogP contribution in [0.15, 0.2) is 48.5 Å². The average Bonchev–Trinajstić information content (AvgIpc) is 3.03. The van der Waals surface area contributed by atoms with E-state index in [-0.39, 0.29) is 0 Å². The quantitative estimate of drug-likeness (QED) is 0.429. The minimum atomic E-state index is 0.572. The van der Waals surface area contributed by atoms with Crippen LogP contribution in [-0.4, -0.2) is 21.4 Å². The van der Waals surface area contributed by atoms with Gasteiger partial charge in [-0.3, -0.25) is 4.98 Å². The Hall–Kier alpha value is -2.59. The van der Waals surface area contributed by atoms with Crippen molar-refractivity contribution in [3.05, 3.63) is 59.2 Å². The standard InChI is InChI=1S/C22H22ClN3O/c1-14(2)12-13-27-22-20-15(3)24-19-7-5-4-6-18(19)21(20)25-26(22)17-10-8-16(23)9-11-17/h4-11,14H,12-13H2,1-3H3. The van der Waals surface area contributed by atoms with Crippen molar-refractivity contribution in [1.29, 1.82) is 0 Å². The molecule has 0 saturated heterocycles. The van der Waals surface area contributed by atoms with Gasteiger partial charge < -0.3 is 4.74 Å². The third-order valence-electron chi connectivity index (χ3n) is 4.66. The Balaban J connectivity index is 1.95. The van der Waals surface area contributed by atoms with Gasteiger partial charge in [0.2, 0.25) is 5.88 Å². The molecule has 0 aliphatic heterocycles. The van der Waals surface area contributed by atoms with Crippen LogP contribution in [0.3, 0.4) is 0 Å². The molecule has 5 heteroatoms. The Kier molecular flexibility index (Phi) is 4.75. The van der Waals surface area contributed by atoms with Crippen LogP contribution in [-0.2, 0) is 0 Å². The molecule has 0 bridgehead atoms. The smallest absolute Gasteiger partial charge is 0.226 e. The molecule has 0 aliphatic rings. The summed E-state index contributed by atoms with van der Waals surface area (Å²) in [4.78, 5) is 4.77. The van der Waals surface area contributed by atoms with E-state index in [9.17, 15) is 0 Å². The summed E-state index contributed by atoms with van der Waals surface area (Å²) in [5.41, 5.74) is 3.69. The summed E-state index contributed by atoms with van der Waals surface area (Å²) < 4.78 is 8.11. The molecule has 4 aromatic rings. The fourth-order valence-corrected chi connectivity index (χ4v) is 3.33. The fourth-order valence-electron chi connectivity index (χ4n) is 3.21. The number of hydrogen-bond donors (Lipinski definition) is 0. The van der Waals surface area contributed by atoms with Crippen molar-refractivity contribution in [2.24, 2.45) is 5.92 Å². The number of nitrogens with zero attached hydrogens (tertiary/aromatic N) is 3. The minimum Gasteiger partial charge on any atom is -0.477 e. The first-order valence-electron chi connectivity index (χ1n) is 9.21. The van der Waals surface area contributed by atoms with E-state index in [1.54, 1.807) is 0 Å². The molecule has 4 nitrogen and oxygen atoms in total. The topological polar surface area (TPSA) is 39.9 Å². The lowest BCUT2D eigenvalue weighted by Crippen LogP contribution is -2.06. The monoisotopic (exact) mass is 379 g/mol. The number of benzene rings is 2. The Bertz CT molecular complexity index is 1100. The number of ether oxygens (including phenoxy) is 1. The van der Waals surface area contributed by atoms with Gasteiger partial charge >= 0.3 is 0 Å². The van der Waals surface area contributed by atoms with Crippen LogP contribution in [0.1, 0.15) is 26.0 Å². The van der Waals surface area contributed by atoms with Gasteiger partial charge in [0.15, 0.2) is 0 Å². The summed E-state index contributed by atoms with van der Waals surface area (Å²) >= 11 is 6.07. The van der Waals surface area contributed by atoms with E-state index in [0.717, 1.165) is 45.5 Å². The molecule has 0 atom stereocenters. The van der Waals surface area contributed by atoms with Gasteiger partial charge in [-0.2, -0.15) is 9.78 Å². The molecule has 2 heterocycles. The molecule has 0 fully saturated rings. The van der Waals surface area contributed by atoms with Crippen molar-refractivity contribution in [2.75, 3.05) is 6.61 Å². The maximum Gasteiger partial charge on any atom is 0.226 e. The lowest BCUT2D eigenvalue weighted by atomic mass is 10.1. The summed E-state index contributed by atoms with van der Waals surface area (Å²) in [5, 5.41) is 7.60. The molecule has 0 N–H and O–H groups in total. The van der Waals surface area contributed by atoms with Gasteiger partial charge in [-0.25, -0.2) is 0 Å². The minimum absolute atomic E-state index is 0.572. The molecular weight excluding hydrogens is 358 g/mol. The molecular formula is C22H22ClN3O. The second-order valence-corrected chi connectivity index (χ2v) is 7.60. The van der Waals surface area contributed by atoms with Gasteiger partial charge in [-0.15, -0.1) is 0 Å². The van der Waals surface area contributed by atoms with Gasteiger partial charge in [0.05, 0.1) is 28.9 Å². The molecule has 0 spiro atoms. The van der Waals surface area contributed by atoms with Crippen LogP contribution in [0.2, 0.25) is 5.02 Å². The molecule has 2 aromatic heterocycles. The first-order valence-corrected chi connectivity index (χ1v) is 9.59. The molecule has 2 aromatic carbocycles. The number of hydrogen-bond acceptors (Lipinski definition) is 3. The zero-order chi connectivity index (χ0) is 19.0. The normalized spacial score (nSPS) is 11.6. The highest BCUT2D eigenvalue weighted by molar-refractivity contribution is 6.30. The van der Waals surface area contributed by atoms with Crippen molar-refractivity contribution in [1.82, 2.24) is 14.8 Å². The number of pyridine rings is 1. The molecule has 4 rings (SSSR count). The van der Waals surface area contributed by atoms with Gasteiger partial charge in [0, 0.05) is 10.4 Å². The van der Waals surface area contributed by atoms with Crippen molar-refractivity contribution < 1.29 is 4.74 Å². The van der Waals surface area contributed by atoms with E-state index in [0.29, 0.717) is 17.5 Å². The van der Waals surface area contributed by atoms with Gasteiger partial charge in [-0.1, -0.05) is 43.6 Å². The highest BCUT2D eigenvalue weighted by Gasteiger charge is 2.19. The number of aromatic nitrogens is 3. The summed E-state index contributed by atoms with van der Waals surface area (Å²) in [6.45, 7) is 7.03. The summed E-state index contributed by atoms with van der Waals surface area (Å²) in [5.74, 6) is 1.31. The van der Waals surface area contributed by atoms with Crippen LogP contribution < -0.4 is 4.74 Å². The van der Waals surface area contributed by atoms with Crippen LogP contribution in [0, 0.1) is 12.8 Å². The Morgan fingerprint density at radius 1 is 1.07 bits per heavy atom. The zero-order valence-electron chi connectivity index (χ0n) is 15.7. The number of halogens is 1. The number of aryl methyl sites for hydroxylation is 1. The van der Waals surface area contributed by atoms with Crippen LogP contribution in [0.25, 0.3) is 27.5 Å². The van der Waals surface area contributed by atoms with E-state index < -0.39 is 0 Å². The van der Waals surface area contributed by atoms with Gasteiger partial charge in [-0.05, 0) is 49.6 Å². The summed E-state index contributed by atoms with van der Waals surface area (Å²) in [6.07, 6.45) is 0.980. The van der Waals surface area contributed by atoms with E-state index >= 15 is 0 Å². The van der Waals surface area contributed by atoms with E-state index in [2.05, 4.69) is 19.9 Å². The van der Waals surface area contributed by atoms with E-state index in [1.807, 2.05) is 54.1 Å². The first kappa shape index (κ1) is 17.8. The number of rotatable bonds is 5. The SMILES string of the molecule is Cc1nc2ccccc2c2nn(-c3ccc(Cl)cc3)c(OCCC(C)C)c12. The molecule has 0 aliphatic carbocycles. The Morgan fingerprint density at radius 3 is 2.56 bits per heavy atom. The van der Waals surface area contributed by atoms with Crippen LogP contribution in [0.5, 0.6) is 5.88 Å². The highest BCUT2D eigenvalue weighted by atomic mass is 35.5.